The molecule has 2 amide bonds. The Balaban J connectivity index is 1.09. The molecule has 1 saturated heterocycles. The van der Waals surface area contributed by atoms with Gasteiger partial charge in [-0.05, 0) is 63.0 Å². The van der Waals surface area contributed by atoms with Gasteiger partial charge in [0.1, 0.15) is 22.9 Å². The Hall–Kier alpha value is -5.69. The highest BCUT2D eigenvalue weighted by Crippen LogP contribution is 2.50. The zero-order valence-electron chi connectivity index (χ0n) is 44.9. The number of fused-ring (bicyclic) bond motifs is 13. The number of carbonyl (C=O) groups excluding carboxylic acids is 4. The number of phenols is 1. The number of carbonyl (C=O) groups is 4. The van der Waals surface area contributed by atoms with E-state index in [1.165, 1.54) is 38.9 Å². The normalized spacial score (nSPS) is 32.2. The average molecular weight is 1040 g/mol. The number of aliphatic imine (C=N–C) groups is 1. The van der Waals surface area contributed by atoms with E-state index < -0.39 is 83.1 Å². The molecular weight excluding hydrogens is 959 g/mol. The van der Waals surface area contributed by atoms with Crippen molar-refractivity contribution in [2.75, 3.05) is 26.7 Å². The molecule has 2 fully saturated rings. The van der Waals surface area contributed by atoms with Gasteiger partial charge in [0.25, 0.3) is 11.7 Å². The number of allylic oxidation sites excluding steroid dienone is 4. The molecular formula is C58H77N5O12. The standard InChI is InChI=1S/C58H77N5O12/c1-31(2)30-63-23-21-58(22-24-63)61-47-44-45-52(68)36(7)54-46(44)55(70)57(8,75-54)73-25-20-40(72-9)28-41(74-43(65)29-42(64)59-39-19-18-38(27-39)26-37-16-11-10-12-17-37)34(5)51(67)35(6)50(66)32(3)14-13-15-33(4)56(71)60-49(53(45)69)48(47)62-58/h10-17,20,25,31-32,34-35,38-41,43,50-51,62,65-68H,18-19,21-24,26-30H2,1-9H3,(H,59,64)(H,60,71)/b14-13+,25-20+,33-15-/t32?,34-,35+,38?,39?,40-,41+,43?,50-,51?,57?/m0/s1. The van der Waals surface area contributed by atoms with Crippen LogP contribution in [-0.2, 0) is 30.2 Å². The molecule has 9 rings (SSSR count). The van der Waals surface area contributed by atoms with Crippen LogP contribution >= 0.6 is 0 Å². The molecule has 7 N–H and O–H groups in total. The number of hydrogen-bond donors (Lipinski definition) is 7. The van der Waals surface area contributed by atoms with Gasteiger partial charge in [-0.2, -0.15) is 0 Å². The van der Waals surface area contributed by atoms with E-state index in [0.717, 1.165) is 32.2 Å². The highest BCUT2D eigenvalue weighted by atomic mass is 16.7. The number of hydrogen-bond acceptors (Lipinski definition) is 15. The van der Waals surface area contributed by atoms with Gasteiger partial charge in [-0.3, -0.25) is 24.2 Å². The van der Waals surface area contributed by atoms with E-state index >= 15 is 0 Å². The Morgan fingerprint density at radius 1 is 0.960 bits per heavy atom. The average Bonchev–Trinajstić information content (AvgIpc) is 4.11. The lowest BCUT2D eigenvalue weighted by atomic mass is 9.81. The monoisotopic (exact) mass is 1040 g/mol. The predicted molar refractivity (Wildman–Crippen MR) is 282 cm³/mol. The Labute approximate surface area is 440 Å². The summed E-state index contributed by atoms with van der Waals surface area (Å²) in [5, 5.41) is 56.2. The number of methoxy groups -OCH3 is 1. The van der Waals surface area contributed by atoms with Crippen molar-refractivity contribution in [2.45, 2.75) is 155 Å². The molecule has 1 spiro atoms. The Morgan fingerprint density at radius 2 is 1.68 bits per heavy atom. The Morgan fingerprint density at radius 3 is 2.37 bits per heavy atom. The van der Waals surface area contributed by atoms with E-state index in [2.05, 4.69) is 46.8 Å². The van der Waals surface area contributed by atoms with Gasteiger partial charge in [0.2, 0.25) is 11.7 Å². The third kappa shape index (κ3) is 11.8. The topological polar surface area (TPSA) is 238 Å². The second-order valence-corrected chi connectivity index (χ2v) is 22.4. The summed E-state index contributed by atoms with van der Waals surface area (Å²) < 4.78 is 24.6. The summed E-state index contributed by atoms with van der Waals surface area (Å²) in [7, 11) is 1.46. The first-order chi connectivity index (χ1) is 35.6. The van der Waals surface area contributed by atoms with Gasteiger partial charge in [0, 0.05) is 93.4 Å². The molecule has 2 aliphatic carbocycles. The lowest BCUT2D eigenvalue weighted by molar-refractivity contribution is -0.179. The van der Waals surface area contributed by atoms with E-state index in [1.807, 2.05) is 18.2 Å². The summed E-state index contributed by atoms with van der Waals surface area (Å²) >= 11 is 0. The molecule has 2 aromatic carbocycles. The molecule has 17 nitrogen and oxygen atoms in total. The van der Waals surface area contributed by atoms with Crippen LogP contribution in [0.3, 0.4) is 0 Å². The second kappa shape index (κ2) is 22.9. The van der Waals surface area contributed by atoms with Gasteiger partial charge in [-0.25, -0.2) is 0 Å². The van der Waals surface area contributed by atoms with Gasteiger partial charge in [-0.1, -0.05) is 83.2 Å². The summed E-state index contributed by atoms with van der Waals surface area (Å²) in [5.74, 6) is -5.89. The molecule has 17 heteroatoms. The summed E-state index contributed by atoms with van der Waals surface area (Å²) in [5.41, 5.74) is 0.935. The summed E-state index contributed by atoms with van der Waals surface area (Å²) in [6, 6.07) is 10.2. The molecule has 0 aromatic heterocycles. The van der Waals surface area contributed by atoms with Crippen molar-refractivity contribution >= 4 is 29.1 Å². The second-order valence-electron chi connectivity index (χ2n) is 22.4. The fraction of sp³-hybridized carbons (Fsp3) is 0.569. The predicted octanol–water partition coefficient (Wildman–Crippen LogP) is 6.06. The maximum atomic E-state index is 14.9. The number of piperidine rings is 1. The van der Waals surface area contributed by atoms with E-state index in [4.69, 9.17) is 23.9 Å². The molecule has 75 heavy (non-hydrogen) atoms. The molecule has 5 aliphatic heterocycles. The number of amides is 2. The van der Waals surface area contributed by atoms with E-state index in [-0.39, 0.29) is 75.5 Å². The zero-order chi connectivity index (χ0) is 54.1. The van der Waals surface area contributed by atoms with Gasteiger partial charge in [-0.15, -0.1) is 0 Å². The number of aliphatic hydroxyl groups excluding tert-OH is 3. The summed E-state index contributed by atoms with van der Waals surface area (Å²) in [6.45, 7) is 16.4. The number of ether oxygens (including phenoxy) is 4. The van der Waals surface area contributed by atoms with Crippen molar-refractivity contribution < 1.29 is 58.6 Å². The first kappa shape index (κ1) is 55.5. The number of Topliss-reactive ketones (excluding diaryl/α,β-unsaturated/α-hetero) is 2. The van der Waals surface area contributed by atoms with Crippen molar-refractivity contribution in [3.63, 3.8) is 0 Å². The third-order valence-corrected chi connectivity index (χ3v) is 16.2. The van der Waals surface area contributed by atoms with Crippen LogP contribution in [0.2, 0.25) is 0 Å². The fourth-order valence-corrected chi connectivity index (χ4v) is 11.7. The fourth-order valence-electron chi connectivity index (χ4n) is 11.7. The lowest BCUT2D eigenvalue weighted by Crippen LogP contribution is -2.50. The first-order valence-electron chi connectivity index (χ1n) is 26.7. The summed E-state index contributed by atoms with van der Waals surface area (Å²) in [6.07, 6.45) is 6.41. The molecule has 1 saturated carbocycles. The highest BCUT2D eigenvalue weighted by molar-refractivity contribution is 6.34. The van der Waals surface area contributed by atoms with E-state index in [9.17, 15) is 39.6 Å². The molecule has 5 heterocycles. The van der Waals surface area contributed by atoms with Crippen LogP contribution in [0.25, 0.3) is 0 Å². The maximum absolute atomic E-state index is 14.9. The highest BCUT2D eigenvalue weighted by Gasteiger charge is 2.54. The third-order valence-electron chi connectivity index (χ3n) is 16.2. The van der Waals surface area contributed by atoms with Gasteiger partial charge in [0.15, 0.2) is 6.29 Å². The zero-order valence-corrected chi connectivity index (χ0v) is 44.9. The summed E-state index contributed by atoms with van der Waals surface area (Å²) in [4.78, 5) is 64.8. The minimum atomic E-state index is -2.01. The number of aromatic hydroxyl groups is 1. The minimum absolute atomic E-state index is 0.000827. The number of aliphatic hydroxyl groups is 3. The van der Waals surface area contributed by atoms with Crippen molar-refractivity contribution in [1.82, 2.24) is 20.9 Å². The molecule has 6 unspecified atom stereocenters. The van der Waals surface area contributed by atoms with Gasteiger partial charge in [0.05, 0.1) is 59.6 Å². The number of ketones is 2. The van der Waals surface area contributed by atoms with Crippen molar-refractivity contribution in [2.24, 2.45) is 34.6 Å². The SMILES string of the molecule is CO[C@H]1/C=C/OC2(C)Oc3c(C)c(O)c4c(c3C2=O)C2=NC3(CCN(CC(C)C)CC3)NC2=C(NC(=O)/C(C)=C\C=C\C(C)[C@H](O)[C@@H](C)C(O)[C@@H](C)[C@H](OC(O)CC(=O)NC2CCC(Cc3ccccc3)C2)C1)C4=O. The molecule has 406 valence electrons. The smallest absolute Gasteiger partial charge is 0.312 e. The minimum Gasteiger partial charge on any atom is -0.507 e. The van der Waals surface area contributed by atoms with Crippen molar-refractivity contribution in [3.8, 4) is 11.5 Å². The number of phenolic OH excluding ortho intramolecular Hbond substituents is 1. The van der Waals surface area contributed by atoms with Crippen LogP contribution in [-0.4, -0.2) is 129 Å². The largest absolute Gasteiger partial charge is 0.507 e. The van der Waals surface area contributed by atoms with E-state index in [0.29, 0.717) is 37.8 Å². The quantitative estimate of drug-likeness (QED) is 0.134. The molecule has 7 aliphatic rings. The Kier molecular flexibility index (Phi) is 16.9. The van der Waals surface area contributed by atoms with Crippen LogP contribution < -0.4 is 20.7 Å². The number of nitrogens with zero attached hydrogens (tertiary/aromatic N) is 2. The van der Waals surface area contributed by atoms with Crippen LogP contribution in [0.15, 0.2) is 82.9 Å². The molecule has 5 bridgehead atoms. The number of rotatable bonds is 10. The maximum Gasteiger partial charge on any atom is 0.312 e. The van der Waals surface area contributed by atoms with Crippen LogP contribution in [0.4, 0.5) is 0 Å². The number of likely N-dealkylation sites (tertiary alicyclic amines) is 1. The first-order valence-corrected chi connectivity index (χ1v) is 26.7. The molecule has 11 atom stereocenters. The number of nitrogens with one attached hydrogen (secondary N) is 3. The van der Waals surface area contributed by atoms with Crippen LogP contribution in [0.1, 0.15) is 131 Å². The molecule has 2 aromatic rings. The Bertz CT molecular complexity index is 2650. The van der Waals surface area contributed by atoms with Crippen molar-refractivity contribution in [1.29, 1.82) is 0 Å². The van der Waals surface area contributed by atoms with Gasteiger partial charge < -0.3 is 60.2 Å². The van der Waals surface area contributed by atoms with Gasteiger partial charge >= 0.3 is 5.79 Å². The lowest BCUT2D eigenvalue weighted by Gasteiger charge is -2.38. The van der Waals surface area contributed by atoms with Crippen LogP contribution in [0, 0.1) is 36.5 Å². The number of benzene rings is 2. The molecule has 0 radical (unpaired) electrons. The van der Waals surface area contributed by atoms with Crippen LogP contribution in [0.5, 0.6) is 11.5 Å². The van der Waals surface area contributed by atoms with E-state index in [1.54, 1.807) is 45.9 Å². The van der Waals surface area contributed by atoms with Crippen molar-refractivity contribution in [3.05, 3.63) is 106 Å².